The summed E-state index contributed by atoms with van der Waals surface area (Å²) in [6.45, 7) is 0. The molecule has 0 saturated carbocycles. The van der Waals surface area contributed by atoms with Gasteiger partial charge in [-0.3, -0.25) is 0 Å². The van der Waals surface area contributed by atoms with E-state index in [2.05, 4.69) is 26.1 Å². The smallest absolute Gasteiger partial charge is 0.258 e. The number of nitrogen functional groups attached to an aromatic ring is 1. The number of halogens is 2. The van der Waals surface area contributed by atoms with Crippen LogP contribution in [0.5, 0.6) is 5.75 Å². The van der Waals surface area contributed by atoms with Crippen LogP contribution in [0.2, 0.25) is 0 Å². The fraction of sp³-hybridized carbons (Fsp3) is 0. The van der Waals surface area contributed by atoms with Gasteiger partial charge in [-0.2, -0.15) is 4.98 Å². The van der Waals surface area contributed by atoms with Crippen molar-refractivity contribution >= 4 is 21.6 Å². The van der Waals surface area contributed by atoms with Gasteiger partial charge in [-0.15, -0.1) is 0 Å². The first-order valence-electron chi connectivity index (χ1n) is 5.92. The zero-order valence-corrected chi connectivity index (χ0v) is 12.1. The van der Waals surface area contributed by atoms with Crippen LogP contribution in [0.15, 0.2) is 45.4 Å². The first-order chi connectivity index (χ1) is 10.0. The van der Waals surface area contributed by atoms with Crippen molar-refractivity contribution in [1.29, 1.82) is 0 Å². The number of phenols is 1. The van der Waals surface area contributed by atoms with Gasteiger partial charge in [-0.05, 0) is 36.4 Å². The molecular formula is C14H9BrFN3O2. The lowest BCUT2D eigenvalue weighted by Crippen LogP contribution is -1.86. The van der Waals surface area contributed by atoms with Crippen molar-refractivity contribution in [3.05, 3.63) is 46.7 Å². The second-order valence-electron chi connectivity index (χ2n) is 4.35. The molecule has 106 valence electrons. The van der Waals surface area contributed by atoms with Crippen LogP contribution in [-0.4, -0.2) is 15.2 Å². The topological polar surface area (TPSA) is 85.2 Å². The largest absolute Gasteiger partial charge is 0.506 e. The fourth-order valence-electron chi connectivity index (χ4n) is 1.82. The molecule has 1 aromatic heterocycles. The molecule has 0 spiro atoms. The third-order valence-electron chi connectivity index (χ3n) is 2.82. The summed E-state index contributed by atoms with van der Waals surface area (Å²) in [5, 5.41) is 13.4. The van der Waals surface area contributed by atoms with Crippen molar-refractivity contribution in [2.75, 3.05) is 5.73 Å². The van der Waals surface area contributed by atoms with Crippen molar-refractivity contribution in [1.82, 2.24) is 10.1 Å². The molecule has 5 nitrogen and oxygen atoms in total. The molecule has 0 saturated heterocycles. The minimum Gasteiger partial charge on any atom is -0.506 e. The maximum Gasteiger partial charge on any atom is 0.258 e. The number of hydrogen-bond acceptors (Lipinski definition) is 5. The normalized spacial score (nSPS) is 10.8. The van der Waals surface area contributed by atoms with Crippen molar-refractivity contribution in [3.63, 3.8) is 0 Å². The van der Waals surface area contributed by atoms with Gasteiger partial charge >= 0.3 is 0 Å². The SMILES string of the molecule is Nc1ccc(-c2nc(-c3cc(F)cc(Br)c3)no2)cc1O. The summed E-state index contributed by atoms with van der Waals surface area (Å²) in [4.78, 5) is 4.19. The minimum absolute atomic E-state index is 0.0687. The van der Waals surface area contributed by atoms with Crippen LogP contribution < -0.4 is 5.73 Å². The Morgan fingerprint density at radius 3 is 2.67 bits per heavy atom. The predicted molar refractivity (Wildman–Crippen MR) is 78.9 cm³/mol. The Morgan fingerprint density at radius 1 is 1.14 bits per heavy atom. The molecule has 7 heteroatoms. The van der Waals surface area contributed by atoms with Crippen molar-refractivity contribution in [2.45, 2.75) is 0 Å². The lowest BCUT2D eigenvalue weighted by Gasteiger charge is -1.99. The Balaban J connectivity index is 2.01. The summed E-state index contributed by atoms with van der Waals surface area (Å²) < 4.78 is 19.1. The second kappa shape index (κ2) is 5.17. The first-order valence-corrected chi connectivity index (χ1v) is 6.71. The molecule has 0 unspecified atom stereocenters. The van der Waals surface area contributed by atoms with E-state index in [1.54, 1.807) is 12.1 Å². The Labute approximate surface area is 127 Å². The van der Waals surface area contributed by atoms with Crippen molar-refractivity contribution in [3.8, 4) is 28.6 Å². The number of nitrogens with two attached hydrogens (primary N) is 1. The standard InChI is InChI=1S/C14H9BrFN3O2/c15-9-3-8(4-10(16)6-9)13-18-14(21-19-13)7-1-2-11(17)12(20)5-7/h1-6,20H,17H2. The quantitative estimate of drug-likeness (QED) is 0.545. The molecular weight excluding hydrogens is 341 g/mol. The predicted octanol–water partition coefficient (Wildman–Crippen LogP) is 3.59. The van der Waals surface area contributed by atoms with E-state index in [1.165, 1.54) is 24.3 Å². The van der Waals surface area contributed by atoms with E-state index in [-0.39, 0.29) is 23.2 Å². The Morgan fingerprint density at radius 2 is 1.95 bits per heavy atom. The van der Waals surface area contributed by atoms with Gasteiger partial charge in [0.2, 0.25) is 5.82 Å². The lowest BCUT2D eigenvalue weighted by atomic mass is 10.2. The van der Waals surface area contributed by atoms with Crippen LogP contribution in [0, 0.1) is 5.82 Å². The van der Waals surface area contributed by atoms with Crippen LogP contribution in [0.25, 0.3) is 22.8 Å². The zero-order chi connectivity index (χ0) is 15.0. The molecule has 2 aromatic carbocycles. The van der Waals surface area contributed by atoms with E-state index in [0.717, 1.165) is 0 Å². The summed E-state index contributed by atoms with van der Waals surface area (Å²) in [7, 11) is 0. The van der Waals surface area contributed by atoms with E-state index >= 15 is 0 Å². The third-order valence-corrected chi connectivity index (χ3v) is 3.28. The van der Waals surface area contributed by atoms with Gasteiger partial charge in [0.25, 0.3) is 5.89 Å². The highest BCUT2D eigenvalue weighted by Gasteiger charge is 2.13. The number of anilines is 1. The molecule has 0 aliphatic carbocycles. The van der Waals surface area contributed by atoms with E-state index in [9.17, 15) is 9.50 Å². The van der Waals surface area contributed by atoms with Crippen molar-refractivity contribution < 1.29 is 14.0 Å². The highest BCUT2D eigenvalue weighted by molar-refractivity contribution is 9.10. The van der Waals surface area contributed by atoms with E-state index in [4.69, 9.17) is 10.3 Å². The molecule has 0 amide bonds. The molecule has 0 aliphatic rings. The summed E-state index contributed by atoms with van der Waals surface area (Å²) in [5.74, 6) is -0.0150. The number of benzene rings is 2. The van der Waals surface area contributed by atoms with Gasteiger partial charge in [-0.1, -0.05) is 21.1 Å². The molecule has 3 aromatic rings. The number of rotatable bonds is 2. The Kier molecular flexibility index (Phi) is 3.34. The number of phenolic OH excluding ortho intramolecular Hbond substituents is 1. The number of hydrogen-bond donors (Lipinski definition) is 2. The molecule has 0 atom stereocenters. The van der Waals surface area contributed by atoms with E-state index in [1.807, 2.05) is 0 Å². The van der Waals surface area contributed by atoms with Gasteiger partial charge in [0.15, 0.2) is 0 Å². The summed E-state index contributed by atoms with van der Waals surface area (Å²) in [6, 6.07) is 8.93. The van der Waals surface area contributed by atoms with Gasteiger partial charge < -0.3 is 15.4 Å². The van der Waals surface area contributed by atoms with Crippen LogP contribution in [0.4, 0.5) is 10.1 Å². The highest BCUT2D eigenvalue weighted by Crippen LogP contribution is 2.29. The van der Waals surface area contributed by atoms with E-state index in [0.29, 0.717) is 15.6 Å². The zero-order valence-electron chi connectivity index (χ0n) is 10.5. The number of aromatic nitrogens is 2. The van der Waals surface area contributed by atoms with E-state index < -0.39 is 5.82 Å². The molecule has 0 bridgehead atoms. The van der Waals surface area contributed by atoms with Gasteiger partial charge in [0, 0.05) is 15.6 Å². The highest BCUT2D eigenvalue weighted by atomic mass is 79.9. The average Bonchev–Trinajstić information content (AvgIpc) is 2.90. The molecule has 3 N–H and O–H groups in total. The van der Waals surface area contributed by atoms with Gasteiger partial charge in [0.1, 0.15) is 11.6 Å². The fourth-order valence-corrected chi connectivity index (χ4v) is 2.28. The van der Waals surface area contributed by atoms with Crippen LogP contribution in [0.1, 0.15) is 0 Å². The molecule has 0 aliphatic heterocycles. The Hall–Kier alpha value is -2.41. The molecule has 1 heterocycles. The van der Waals surface area contributed by atoms with Crippen LogP contribution in [0.3, 0.4) is 0 Å². The summed E-state index contributed by atoms with van der Waals surface area (Å²) in [5.41, 5.74) is 6.80. The molecule has 3 rings (SSSR count). The minimum atomic E-state index is -0.407. The average molecular weight is 350 g/mol. The molecule has 21 heavy (non-hydrogen) atoms. The maximum atomic E-state index is 13.4. The van der Waals surface area contributed by atoms with Gasteiger partial charge in [-0.25, -0.2) is 4.39 Å². The Bertz CT molecular complexity index is 799. The lowest BCUT2D eigenvalue weighted by molar-refractivity contribution is 0.431. The van der Waals surface area contributed by atoms with Crippen molar-refractivity contribution in [2.24, 2.45) is 0 Å². The summed E-state index contributed by atoms with van der Waals surface area (Å²) >= 11 is 3.21. The molecule has 0 fully saturated rings. The second-order valence-corrected chi connectivity index (χ2v) is 5.27. The summed E-state index contributed by atoms with van der Waals surface area (Å²) in [6.07, 6.45) is 0. The maximum absolute atomic E-state index is 13.4. The van der Waals surface area contributed by atoms with Crippen LogP contribution >= 0.6 is 15.9 Å². The first kappa shape index (κ1) is 13.6. The number of aromatic hydroxyl groups is 1. The number of nitrogens with zero attached hydrogens (tertiary/aromatic N) is 2. The third kappa shape index (κ3) is 2.73. The van der Waals surface area contributed by atoms with Gasteiger partial charge in [0.05, 0.1) is 5.69 Å². The van der Waals surface area contributed by atoms with Crippen LogP contribution in [-0.2, 0) is 0 Å². The molecule has 0 radical (unpaired) electrons. The monoisotopic (exact) mass is 349 g/mol.